The lowest BCUT2D eigenvalue weighted by molar-refractivity contribution is -0.150. The second-order valence-corrected chi connectivity index (χ2v) is 8.35. The third kappa shape index (κ3) is 3.89. The molecule has 2 aliphatic rings. The van der Waals surface area contributed by atoms with E-state index in [-0.39, 0.29) is 30.1 Å². The molecule has 6 heteroatoms. The van der Waals surface area contributed by atoms with E-state index in [1.54, 1.807) is 12.0 Å². The largest absolute Gasteiger partial charge is 0.497 e. The fourth-order valence-electron chi connectivity index (χ4n) is 4.46. The van der Waals surface area contributed by atoms with Gasteiger partial charge in [-0.15, -0.1) is 0 Å². The van der Waals surface area contributed by atoms with Gasteiger partial charge in [0.05, 0.1) is 20.1 Å². The third-order valence-corrected chi connectivity index (χ3v) is 5.54. The van der Waals surface area contributed by atoms with Crippen molar-refractivity contribution >= 4 is 12.1 Å². The van der Waals surface area contributed by atoms with Crippen LogP contribution in [-0.4, -0.2) is 48.9 Å². The van der Waals surface area contributed by atoms with E-state index in [9.17, 15) is 9.59 Å². The Morgan fingerprint density at radius 3 is 2.30 bits per heavy atom. The normalized spacial score (nSPS) is 27.2. The Morgan fingerprint density at radius 2 is 1.74 bits per heavy atom. The number of fused-ring (bicyclic) bond motifs is 2. The van der Waals surface area contributed by atoms with Gasteiger partial charge in [-0.2, -0.15) is 0 Å². The Kier molecular flexibility index (Phi) is 5.36. The average molecular weight is 375 g/mol. The van der Waals surface area contributed by atoms with Gasteiger partial charge in [0, 0.05) is 18.0 Å². The van der Waals surface area contributed by atoms with E-state index >= 15 is 0 Å². The number of methoxy groups -OCH3 is 2. The third-order valence-electron chi connectivity index (χ3n) is 5.54. The van der Waals surface area contributed by atoms with Crippen molar-refractivity contribution in [1.82, 2.24) is 4.90 Å². The molecule has 0 aliphatic carbocycles. The second kappa shape index (κ2) is 7.41. The molecule has 148 valence electrons. The van der Waals surface area contributed by atoms with Crippen molar-refractivity contribution in [3.63, 3.8) is 0 Å². The summed E-state index contributed by atoms with van der Waals surface area (Å²) >= 11 is 0. The molecule has 0 spiro atoms. The first-order chi connectivity index (χ1) is 12.7. The number of piperidine rings is 1. The molecule has 1 aromatic rings. The minimum Gasteiger partial charge on any atom is -0.497 e. The number of amides is 1. The zero-order valence-corrected chi connectivity index (χ0v) is 16.7. The number of carbonyl (C=O) groups is 2. The molecule has 1 amide bonds. The van der Waals surface area contributed by atoms with Crippen LogP contribution in [0.5, 0.6) is 5.75 Å². The van der Waals surface area contributed by atoms with Crippen molar-refractivity contribution in [3.05, 3.63) is 29.8 Å². The maximum Gasteiger partial charge on any atom is 0.410 e. The summed E-state index contributed by atoms with van der Waals surface area (Å²) in [6.45, 7) is 5.57. The van der Waals surface area contributed by atoms with Crippen LogP contribution in [0.2, 0.25) is 0 Å². The Labute approximate surface area is 160 Å². The van der Waals surface area contributed by atoms with Crippen LogP contribution >= 0.6 is 0 Å². The predicted molar refractivity (Wildman–Crippen MR) is 101 cm³/mol. The first kappa shape index (κ1) is 19.5. The number of hydrogen-bond donors (Lipinski definition) is 0. The van der Waals surface area contributed by atoms with E-state index < -0.39 is 11.5 Å². The molecular weight excluding hydrogens is 346 g/mol. The lowest BCUT2D eigenvalue weighted by Gasteiger charge is -2.43. The summed E-state index contributed by atoms with van der Waals surface area (Å²) < 4.78 is 16.0. The van der Waals surface area contributed by atoms with Gasteiger partial charge in [0.1, 0.15) is 11.4 Å². The summed E-state index contributed by atoms with van der Waals surface area (Å²) in [7, 11) is 3.04. The van der Waals surface area contributed by atoms with Gasteiger partial charge in [0.15, 0.2) is 0 Å². The molecule has 2 fully saturated rings. The van der Waals surface area contributed by atoms with Gasteiger partial charge in [-0.3, -0.25) is 4.79 Å². The maximum atomic E-state index is 12.8. The highest BCUT2D eigenvalue weighted by molar-refractivity contribution is 5.78. The molecular formula is C21H29NO5. The smallest absolute Gasteiger partial charge is 0.410 e. The van der Waals surface area contributed by atoms with Crippen LogP contribution < -0.4 is 4.74 Å². The summed E-state index contributed by atoms with van der Waals surface area (Å²) in [6, 6.07) is 7.71. The fourth-order valence-corrected chi connectivity index (χ4v) is 4.46. The minimum atomic E-state index is -0.565. The molecule has 2 saturated heterocycles. The van der Waals surface area contributed by atoms with E-state index in [0.29, 0.717) is 0 Å². The van der Waals surface area contributed by atoms with Crippen LogP contribution in [0.25, 0.3) is 0 Å². The fraction of sp³-hybridized carbons (Fsp3) is 0.619. The molecule has 2 bridgehead atoms. The molecule has 0 radical (unpaired) electrons. The van der Waals surface area contributed by atoms with Gasteiger partial charge in [-0.25, -0.2) is 4.79 Å². The van der Waals surface area contributed by atoms with Crippen LogP contribution in [0.15, 0.2) is 24.3 Å². The average Bonchev–Trinajstić information content (AvgIpc) is 2.94. The van der Waals surface area contributed by atoms with Crippen LogP contribution in [0.1, 0.15) is 51.5 Å². The summed E-state index contributed by atoms with van der Waals surface area (Å²) in [5.41, 5.74) is 0.511. The van der Waals surface area contributed by atoms with Crippen molar-refractivity contribution in [1.29, 1.82) is 0 Å². The Balaban J connectivity index is 1.90. The number of ether oxygens (including phenoxy) is 3. The van der Waals surface area contributed by atoms with Crippen LogP contribution in [0.3, 0.4) is 0 Å². The lowest BCUT2D eigenvalue weighted by Crippen LogP contribution is -2.54. The number of rotatable bonds is 3. The molecule has 2 unspecified atom stereocenters. The predicted octanol–water partition coefficient (Wildman–Crippen LogP) is 3.74. The molecule has 4 atom stereocenters. The van der Waals surface area contributed by atoms with Crippen LogP contribution in [-0.2, 0) is 14.3 Å². The van der Waals surface area contributed by atoms with E-state index in [1.807, 2.05) is 45.0 Å². The summed E-state index contributed by atoms with van der Waals surface area (Å²) in [5.74, 6) is 0.131. The maximum absolute atomic E-state index is 12.8. The molecule has 0 saturated carbocycles. The van der Waals surface area contributed by atoms with Gasteiger partial charge < -0.3 is 19.1 Å². The van der Waals surface area contributed by atoms with Crippen molar-refractivity contribution in [2.75, 3.05) is 14.2 Å². The van der Waals surface area contributed by atoms with Gasteiger partial charge in [0.2, 0.25) is 0 Å². The van der Waals surface area contributed by atoms with Gasteiger partial charge >= 0.3 is 12.1 Å². The molecule has 0 aromatic heterocycles. The Morgan fingerprint density at radius 1 is 1.07 bits per heavy atom. The first-order valence-corrected chi connectivity index (χ1v) is 9.48. The summed E-state index contributed by atoms with van der Waals surface area (Å²) in [6.07, 6.45) is 2.06. The highest BCUT2D eigenvalue weighted by atomic mass is 16.6. The molecule has 6 nitrogen and oxygen atoms in total. The SMILES string of the molecule is COC(=O)C1C(c2ccc(OC)cc2)C[C@H]2CC[C@H]1N2C(=O)OC(C)(C)C. The van der Waals surface area contributed by atoms with E-state index in [0.717, 1.165) is 30.6 Å². The molecule has 27 heavy (non-hydrogen) atoms. The monoisotopic (exact) mass is 375 g/mol. The van der Waals surface area contributed by atoms with Gasteiger partial charge in [-0.1, -0.05) is 12.1 Å². The van der Waals surface area contributed by atoms with E-state index in [4.69, 9.17) is 14.2 Å². The van der Waals surface area contributed by atoms with E-state index in [2.05, 4.69) is 0 Å². The number of nitrogens with zero attached hydrogens (tertiary/aromatic N) is 1. The van der Waals surface area contributed by atoms with Crippen LogP contribution in [0, 0.1) is 5.92 Å². The topological polar surface area (TPSA) is 65.1 Å². The zero-order chi connectivity index (χ0) is 19.8. The lowest BCUT2D eigenvalue weighted by atomic mass is 9.76. The highest BCUT2D eigenvalue weighted by Gasteiger charge is 2.53. The van der Waals surface area contributed by atoms with Crippen molar-refractivity contribution in [3.8, 4) is 5.75 Å². The van der Waals surface area contributed by atoms with Gasteiger partial charge in [0.25, 0.3) is 0 Å². The van der Waals surface area contributed by atoms with Crippen molar-refractivity contribution in [2.45, 2.75) is 63.6 Å². The standard InChI is InChI=1S/C21H29NO5/c1-21(2,3)27-20(24)22-14-8-11-17(22)18(19(23)26-5)16(12-14)13-6-9-15(25-4)10-7-13/h6-7,9-10,14,16-18H,8,11-12H2,1-5H3/t14-,16?,17-,18?/m1/s1. The zero-order valence-electron chi connectivity index (χ0n) is 16.7. The second-order valence-electron chi connectivity index (χ2n) is 8.35. The van der Waals surface area contributed by atoms with E-state index in [1.165, 1.54) is 7.11 Å². The summed E-state index contributed by atoms with van der Waals surface area (Å²) in [5, 5.41) is 0. The number of esters is 1. The molecule has 1 aromatic carbocycles. The number of benzene rings is 1. The van der Waals surface area contributed by atoms with Crippen molar-refractivity contribution < 1.29 is 23.8 Å². The van der Waals surface area contributed by atoms with Crippen molar-refractivity contribution in [2.24, 2.45) is 5.92 Å². The minimum absolute atomic E-state index is 0.0135. The van der Waals surface area contributed by atoms with Gasteiger partial charge in [-0.05, 0) is 57.7 Å². The first-order valence-electron chi connectivity index (χ1n) is 9.48. The molecule has 2 heterocycles. The molecule has 0 N–H and O–H groups in total. The Bertz CT molecular complexity index is 694. The molecule has 2 aliphatic heterocycles. The van der Waals surface area contributed by atoms with Crippen LogP contribution in [0.4, 0.5) is 4.79 Å². The molecule has 3 rings (SSSR count). The Hall–Kier alpha value is -2.24. The number of hydrogen-bond acceptors (Lipinski definition) is 5. The number of carbonyl (C=O) groups excluding carboxylic acids is 2. The highest BCUT2D eigenvalue weighted by Crippen LogP contribution is 2.48. The summed E-state index contributed by atoms with van der Waals surface area (Å²) in [4.78, 5) is 27.3. The quantitative estimate of drug-likeness (QED) is 0.753.